The number of halogens is 1. The van der Waals surface area contributed by atoms with Crippen molar-refractivity contribution in [2.24, 2.45) is 0 Å². The Labute approximate surface area is 83.0 Å². The molecule has 0 N–H and O–H groups in total. The number of carbonyl (C=O) groups is 1. The molecule has 0 aromatic heterocycles. The fraction of sp³-hybridized carbons (Fsp3) is 0.182. The zero-order valence-electron chi connectivity index (χ0n) is 7.46. The van der Waals surface area contributed by atoms with Gasteiger partial charge in [-0.3, -0.25) is 4.79 Å². The van der Waals surface area contributed by atoms with Crippen molar-refractivity contribution < 1.29 is 4.79 Å². The average molecular weight is 195 g/mol. The lowest BCUT2D eigenvalue weighted by atomic mass is 10.1. The molecular formula is C11H11ClO. The normalized spacial score (nSPS) is 10.6. The predicted octanol–water partition coefficient (Wildman–Crippen LogP) is 3.14. The van der Waals surface area contributed by atoms with Crippen LogP contribution >= 0.6 is 11.6 Å². The Kier molecular flexibility index (Phi) is 3.71. The summed E-state index contributed by atoms with van der Waals surface area (Å²) in [7, 11) is 0. The van der Waals surface area contributed by atoms with Crippen molar-refractivity contribution >= 4 is 23.5 Å². The second kappa shape index (κ2) is 4.83. The largest absolute Gasteiger partial charge is 0.295 e. The molecule has 0 atom stereocenters. The molecule has 0 spiro atoms. The van der Waals surface area contributed by atoms with Crippen LogP contribution in [0.25, 0.3) is 6.08 Å². The van der Waals surface area contributed by atoms with Gasteiger partial charge in [-0.1, -0.05) is 30.4 Å². The fourth-order valence-corrected chi connectivity index (χ4v) is 1.13. The van der Waals surface area contributed by atoms with Gasteiger partial charge in [-0.2, -0.15) is 0 Å². The number of rotatable bonds is 3. The highest BCUT2D eigenvalue weighted by atomic mass is 35.5. The number of alkyl halides is 1. The highest BCUT2D eigenvalue weighted by Gasteiger charge is 1.97. The van der Waals surface area contributed by atoms with Crippen molar-refractivity contribution in [2.75, 3.05) is 5.88 Å². The first-order valence-corrected chi connectivity index (χ1v) is 4.61. The maximum absolute atomic E-state index is 11.0. The summed E-state index contributed by atoms with van der Waals surface area (Å²) >= 11 is 5.50. The Morgan fingerprint density at radius 1 is 1.54 bits per heavy atom. The van der Waals surface area contributed by atoms with Gasteiger partial charge in [-0.15, -0.1) is 11.6 Å². The van der Waals surface area contributed by atoms with Gasteiger partial charge in [-0.25, -0.2) is 0 Å². The molecule has 0 aliphatic heterocycles. The molecule has 0 unspecified atom stereocenters. The number of allylic oxidation sites excluding steroid dienone is 1. The lowest BCUT2D eigenvalue weighted by Gasteiger charge is -1.96. The maximum atomic E-state index is 11.0. The molecule has 0 heterocycles. The van der Waals surface area contributed by atoms with Crippen molar-refractivity contribution in [3.05, 3.63) is 41.5 Å². The van der Waals surface area contributed by atoms with E-state index in [1.807, 2.05) is 30.4 Å². The summed E-state index contributed by atoms with van der Waals surface area (Å²) in [6.07, 6.45) is 3.75. The second-order valence-electron chi connectivity index (χ2n) is 2.74. The fourth-order valence-electron chi connectivity index (χ4n) is 1.04. The van der Waals surface area contributed by atoms with E-state index in [-0.39, 0.29) is 5.78 Å². The number of hydrogen-bond acceptors (Lipinski definition) is 1. The summed E-state index contributed by atoms with van der Waals surface area (Å²) < 4.78 is 0. The summed E-state index contributed by atoms with van der Waals surface area (Å²) in [6.45, 7) is 1.56. The number of Topliss-reactive ketones (excluding diaryl/α,β-unsaturated/α-hetero) is 1. The van der Waals surface area contributed by atoms with Crippen LogP contribution in [0.3, 0.4) is 0 Å². The number of benzene rings is 1. The first-order chi connectivity index (χ1) is 6.24. The molecule has 1 aromatic carbocycles. The molecule has 0 aliphatic carbocycles. The predicted molar refractivity (Wildman–Crippen MR) is 56.2 cm³/mol. The van der Waals surface area contributed by atoms with Crippen LogP contribution in [0.2, 0.25) is 0 Å². The lowest BCUT2D eigenvalue weighted by molar-refractivity contribution is 0.101. The standard InChI is InChI=1S/C11H11ClO/c1-9(13)11-6-2-4-10(8-11)5-3-7-12/h2-6,8H,7H2,1H3. The third-order valence-corrected chi connectivity index (χ3v) is 1.87. The van der Waals surface area contributed by atoms with Gasteiger partial charge < -0.3 is 0 Å². The minimum Gasteiger partial charge on any atom is -0.295 e. The van der Waals surface area contributed by atoms with Crippen LogP contribution in [-0.2, 0) is 0 Å². The molecule has 0 amide bonds. The van der Waals surface area contributed by atoms with Crippen LogP contribution in [0.1, 0.15) is 22.8 Å². The summed E-state index contributed by atoms with van der Waals surface area (Å²) in [4.78, 5) is 11.0. The van der Waals surface area contributed by atoms with Gasteiger partial charge in [0, 0.05) is 11.4 Å². The summed E-state index contributed by atoms with van der Waals surface area (Å²) in [5.41, 5.74) is 1.74. The van der Waals surface area contributed by atoms with Crippen LogP contribution in [0, 0.1) is 0 Å². The molecule has 1 aromatic rings. The maximum Gasteiger partial charge on any atom is 0.159 e. The van der Waals surface area contributed by atoms with Gasteiger partial charge >= 0.3 is 0 Å². The van der Waals surface area contributed by atoms with E-state index in [0.29, 0.717) is 5.88 Å². The quantitative estimate of drug-likeness (QED) is 0.534. The van der Waals surface area contributed by atoms with Crippen molar-refractivity contribution in [3.8, 4) is 0 Å². The lowest BCUT2D eigenvalue weighted by Crippen LogP contribution is -1.91. The molecule has 0 bridgehead atoms. The molecule has 1 rings (SSSR count). The van der Waals surface area contributed by atoms with Crippen molar-refractivity contribution in [1.82, 2.24) is 0 Å². The van der Waals surface area contributed by atoms with Crippen molar-refractivity contribution in [1.29, 1.82) is 0 Å². The van der Waals surface area contributed by atoms with Crippen LogP contribution in [0.4, 0.5) is 0 Å². The van der Waals surface area contributed by atoms with Crippen molar-refractivity contribution in [3.63, 3.8) is 0 Å². The monoisotopic (exact) mass is 194 g/mol. The molecule has 13 heavy (non-hydrogen) atoms. The van der Waals surface area contributed by atoms with Gasteiger partial charge in [0.25, 0.3) is 0 Å². The van der Waals surface area contributed by atoms with Gasteiger partial charge in [0.1, 0.15) is 0 Å². The van der Waals surface area contributed by atoms with E-state index in [4.69, 9.17) is 11.6 Å². The molecule has 1 nitrogen and oxygen atoms in total. The Morgan fingerprint density at radius 3 is 2.92 bits per heavy atom. The minimum absolute atomic E-state index is 0.0844. The molecule has 2 heteroatoms. The SMILES string of the molecule is CC(=O)c1cccc(C=CCCl)c1. The van der Waals surface area contributed by atoms with Gasteiger partial charge in [0.05, 0.1) is 0 Å². The average Bonchev–Trinajstić information content (AvgIpc) is 2.15. The van der Waals surface area contributed by atoms with Crippen LogP contribution in [-0.4, -0.2) is 11.7 Å². The van der Waals surface area contributed by atoms with Crippen molar-refractivity contribution in [2.45, 2.75) is 6.92 Å². The number of carbonyl (C=O) groups excluding carboxylic acids is 1. The molecule has 0 saturated carbocycles. The zero-order chi connectivity index (χ0) is 9.68. The minimum atomic E-state index is 0.0844. The topological polar surface area (TPSA) is 17.1 Å². The first-order valence-electron chi connectivity index (χ1n) is 4.07. The third-order valence-electron chi connectivity index (χ3n) is 1.69. The highest BCUT2D eigenvalue weighted by Crippen LogP contribution is 2.07. The van der Waals surface area contributed by atoms with E-state index in [2.05, 4.69) is 0 Å². The Morgan fingerprint density at radius 2 is 2.31 bits per heavy atom. The summed E-state index contributed by atoms with van der Waals surface area (Å²) in [5, 5.41) is 0. The second-order valence-corrected chi connectivity index (χ2v) is 3.05. The van der Waals surface area contributed by atoms with Crippen LogP contribution < -0.4 is 0 Å². The first kappa shape index (κ1) is 10.0. The molecule has 0 fully saturated rings. The van der Waals surface area contributed by atoms with E-state index in [1.165, 1.54) is 0 Å². The number of hydrogen-bond donors (Lipinski definition) is 0. The molecule has 0 aliphatic rings. The van der Waals surface area contributed by atoms with E-state index in [0.717, 1.165) is 11.1 Å². The van der Waals surface area contributed by atoms with Gasteiger partial charge in [-0.05, 0) is 18.6 Å². The van der Waals surface area contributed by atoms with E-state index < -0.39 is 0 Å². The Balaban J connectivity index is 2.92. The third kappa shape index (κ3) is 3.03. The molecule has 68 valence electrons. The van der Waals surface area contributed by atoms with E-state index in [1.54, 1.807) is 13.0 Å². The van der Waals surface area contributed by atoms with E-state index in [9.17, 15) is 4.79 Å². The van der Waals surface area contributed by atoms with Gasteiger partial charge in [0.2, 0.25) is 0 Å². The smallest absolute Gasteiger partial charge is 0.159 e. The van der Waals surface area contributed by atoms with Gasteiger partial charge in [0.15, 0.2) is 5.78 Å². The van der Waals surface area contributed by atoms with Crippen LogP contribution in [0.5, 0.6) is 0 Å². The highest BCUT2D eigenvalue weighted by molar-refractivity contribution is 6.19. The summed E-state index contributed by atoms with van der Waals surface area (Å²) in [6, 6.07) is 7.46. The van der Waals surface area contributed by atoms with E-state index >= 15 is 0 Å². The number of ketones is 1. The zero-order valence-corrected chi connectivity index (χ0v) is 8.21. The molecule has 0 saturated heterocycles. The van der Waals surface area contributed by atoms with Crippen LogP contribution in [0.15, 0.2) is 30.3 Å². The molecule has 0 radical (unpaired) electrons. The Bertz CT molecular complexity index is 329. The summed E-state index contributed by atoms with van der Waals surface area (Å²) in [5.74, 6) is 0.575. The molecular weight excluding hydrogens is 184 g/mol. The Hall–Kier alpha value is -1.08.